The summed E-state index contributed by atoms with van der Waals surface area (Å²) in [6.45, 7) is 2.10. The van der Waals surface area contributed by atoms with Crippen LogP contribution in [0.4, 0.5) is 0 Å². The molecule has 70 valence electrons. The van der Waals surface area contributed by atoms with Crippen molar-refractivity contribution in [3.8, 4) is 0 Å². The van der Waals surface area contributed by atoms with Gasteiger partial charge in [0.25, 0.3) is 0 Å². The molecule has 1 fully saturated rings. The Morgan fingerprint density at radius 2 is 2.15 bits per heavy atom. The predicted molar refractivity (Wildman–Crippen MR) is 58.5 cm³/mol. The van der Waals surface area contributed by atoms with Crippen molar-refractivity contribution in [1.29, 1.82) is 0 Å². The van der Waals surface area contributed by atoms with Crippen LogP contribution in [0.1, 0.15) is 30.0 Å². The summed E-state index contributed by atoms with van der Waals surface area (Å²) in [5.41, 5.74) is 8.66. The van der Waals surface area contributed by atoms with Crippen LogP contribution in [0, 0.1) is 12.8 Å². The third-order valence-electron chi connectivity index (χ3n) is 2.70. The Morgan fingerprint density at radius 3 is 2.69 bits per heavy atom. The number of aryl methyl sites for hydroxylation is 1. The van der Waals surface area contributed by atoms with Gasteiger partial charge in [-0.1, -0.05) is 28.1 Å². The molecule has 1 aromatic rings. The molecular formula is C11H14BrN. The zero-order chi connectivity index (χ0) is 9.42. The molecule has 0 saturated heterocycles. The average molecular weight is 240 g/mol. The van der Waals surface area contributed by atoms with E-state index in [0.717, 1.165) is 5.92 Å². The minimum Gasteiger partial charge on any atom is -0.324 e. The van der Waals surface area contributed by atoms with E-state index in [1.807, 2.05) is 0 Å². The average Bonchev–Trinajstić information content (AvgIpc) is 2.91. The Balaban J connectivity index is 2.24. The van der Waals surface area contributed by atoms with Gasteiger partial charge in [0.05, 0.1) is 0 Å². The van der Waals surface area contributed by atoms with Crippen molar-refractivity contribution in [3.05, 3.63) is 33.8 Å². The van der Waals surface area contributed by atoms with Crippen LogP contribution >= 0.6 is 15.9 Å². The summed E-state index contributed by atoms with van der Waals surface area (Å²) in [5.74, 6) is 0.737. The number of hydrogen-bond donors (Lipinski definition) is 1. The van der Waals surface area contributed by atoms with Crippen LogP contribution in [-0.2, 0) is 0 Å². The standard InChI is InChI=1S/C11H14BrN/c1-7-6-9(4-5-10(7)12)11(13)8-2-3-8/h4-6,8,11H,2-3,13H2,1H3. The molecular weight excluding hydrogens is 226 g/mol. The van der Waals surface area contributed by atoms with Crippen LogP contribution in [0.25, 0.3) is 0 Å². The molecule has 1 unspecified atom stereocenters. The fourth-order valence-electron chi connectivity index (χ4n) is 1.60. The summed E-state index contributed by atoms with van der Waals surface area (Å²) < 4.78 is 1.17. The van der Waals surface area contributed by atoms with E-state index < -0.39 is 0 Å². The van der Waals surface area contributed by atoms with Crippen LogP contribution < -0.4 is 5.73 Å². The summed E-state index contributed by atoms with van der Waals surface area (Å²) in [4.78, 5) is 0. The van der Waals surface area contributed by atoms with Crippen LogP contribution in [0.15, 0.2) is 22.7 Å². The number of nitrogens with two attached hydrogens (primary N) is 1. The van der Waals surface area contributed by atoms with Gasteiger partial charge in [-0.05, 0) is 42.9 Å². The molecule has 1 atom stereocenters. The SMILES string of the molecule is Cc1cc(C(N)C2CC2)ccc1Br. The van der Waals surface area contributed by atoms with Crippen LogP contribution in [0.2, 0.25) is 0 Å². The highest BCUT2D eigenvalue weighted by molar-refractivity contribution is 9.10. The van der Waals surface area contributed by atoms with Gasteiger partial charge in [-0.15, -0.1) is 0 Å². The fraction of sp³-hybridized carbons (Fsp3) is 0.455. The van der Waals surface area contributed by atoms with E-state index in [1.165, 1.54) is 28.4 Å². The number of rotatable bonds is 2. The Kier molecular flexibility index (Phi) is 2.43. The number of benzene rings is 1. The van der Waals surface area contributed by atoms with Crippen LogP contribution in [-0.4, -0.2) is 0 Å². The van der Waals surface area contributed by atoms with Crippen molar-refractivity contribution in [3.63, 3.8) is 0 Å². The number of halogens is 1. The van der Waals surface area contributed by atoms with E-state index in [-0.39, 0.29) is 6.04 Å². The largest absolute Gasteiger partial charge is 0.324 e. The van der Waals surface area contributed by atoms with Crippen molar-refractivity contribution in [2.24, 2.45) is 11.7 Å². The van der Waals surface area contributed by atoms with Gasteiger partial charge in [-0.3, -0.25) is 0 Å². The van der Waals surface area contributed by atoms with Crippen LogP contribution in [0.5, 0.6) is 0 Å². The third-order valence-corrected chi connectivity index (χ3v) is 3.59. The van der Waals surface area contributed by atoms with Crippen molar-refractivity contribution < 1.29 is 0 Å². The van der Waals surface area contributed by atoms with Gasteiger partial charge < -0.3 is 5.73 Å². The zero-order valence-corrected chi connectivity index (χ0v) is 9.34. The highest BCUT2D eigenvalue weighted by atomic mass is 79.9. The first kappa shape index (κ1) is 9.22. The normalized spacial score (nSPS) is 18.7. The predicted octanol–water partition coefficient (Wildman–Crippen LogP) is 3.17. The van der Waals surface area contributed by atoms with E-state index in [0.29, 0.717) is 0 Å². The molecule has 1 aliphatic rings. The van der Waals surface area contributed by atoms with Gasteiger partial charge >= 0.3 is 0 Å². The first-order valence-corrected chi connectivity index (χ1v) is 5.49. The monoisotopic (exact) mass is 239 g/mol. The topological polar surface area (TPSA) is 26.0 Å². The van der Waals surface area contributed by atoms with E-state index >= 15 is 0 Å². The molecule has 1 saturated carbocycles. The van der Waals surface area contributed by atoms with Crippen molar-refractivity contribution >= 4 is 15.9 Å². The van der Waals surface area contributed by atoms with Gasteiger partial charge in [0, 0.05) is 10.5 Å². The molecule has 1 aliphatic carbocycles. The van der Waals surface area contributed by atoms with Crippen molar-refractivity contribution in [1.82, 2.24) is 0 Å². The van der Waals surface area contributed by atoms with Crippen molar-refractivity contribution in [2.45, 2.75) is 25.8 Å². The molecule has 1 nitrogen and oxygen atoms in total. The Bertz CT molecular complexity index is 318. The molecule has 2 N–H and O–H groups in total. The molecule has 1 aromatic carbocycles. The van der Waals surface area contributed by atoms with Gasteiger partial charge in [-0.2, -0.15) is 0 Å². The summed E-state index contributed by atoms with van der Waals surface area (Å²) in [5, 5.41) is 0. The molecule has 0 bridgehead atoms. The molecule has 0 amide bonds. The molecule has 13 heavy (non-hydrogen) atoms. The maximum absolute atomic E-state index is 6.10. The maximum atomic E-state index is 6.10. The second-order valence-corrected chi connectivity index (χ2v) is 4.73. The van der Waals surface area contributed by atoms with Gasteiger partial charge in [0.1, 0.15) is 0 Å². The van der Waals surface area contributed by atoms with E-state index in [4.69, 9.17) is 5.73 Å². The lowest BCUT2D eigenvalue weighted by molar-refractivity contribution is 0.633. The van der Waals surface area contributed by atoms with Crippen LogP contribution in [0.3, 0.4) is 0 Å². The van der Waals surface area contributed by atoms with E-state index in [9.17, 15) is 0 Å². The Morgan fingerprint density at radius 1 is 1.46 bits per heavy atom. The minimum atomic E-state index is 0.256. The lowest BCUT2D eigenvalue weighted by Gasteiger charge is -2.11. The second kappa shape index (κ2) is 3.43. The van der Waals surface area contributed by atoms with Gasteiger partial charge in [0.15, 0.2) is 0 Å². The number of hydrogen-bond acceptors (Lipinski definition) is 1. The molecule has 0 aliphatic heterocycles. The molecule has 0 heterocycles. The fourth-order valence-corrected chi connectivity index (χ4v) is 1.85. The molecule has 2 heteroatoms. The quantitative estimate of drug-likeness (QED) is 0.844. The summed E-state index contributed by atoms with van der Waals surface area (Å²) >= 11 is 3.49. The maximum Gasteiger partial charge on any atom is 0.0323 e. The highest BCUT2D eigenvalue weighted by Gasteiger charge is 2.29. The zero-order valence-electron chi connectivity index (χ0n) is 7.76. The summed E-state index contributed by atoms with van der Waals surface area (Å²) in [6, 6.07) is 6.66. The lowest BCUT2D eigenvalue weighted by atomic mass is 10.0. The molecule has 2 rings (SSSR count). The highest BCUT2D eigenvalue weighted by Crippen LogP contribution is 2.39. The molecule has 0 spiro atoms. The Hall–Kier alpha value is -0.340. The minimum absolute atomic E-state index is 0.256. The molecule has 0 radical (unpaired) electrons. The van der Waals surface area contributed by atoms with E-state index in [2.05, 4.69) is 41.1 Å². The smallest absolute Gasteiger partial charge is 0.0323 e. The van der Waals surface area contributed by atoms with Gasteiger partial charge in [-0.25, -0.2) is 0 Å². The first-order valence-electron chi connectivity index (χ1n) is 4.70. The lowest BCUT2D eigenvalue weighted by Crippen LogP contribution is -2.12. The Labute approximate surface area is 87.5 Å². The molecule has 0 aromatic heterocycles. The summed E-state index contributed by atoms with van der Waals surface area (Å²) in [6.07, 6.45) is 2.60. The van der Waals surface area contributed by atoms with E-state index in [1.54, 1.807) is 0 Å². The van der Waals surface area contributed by atoms with Gasteiger partial charge in [0.2, 0.25) is 0 Å². The third kappa shape index (κ3) is 1.94. The first-order chi connectivity index (χ1) is 6.18. The second-order valence-electron chi connectivity index (χ2n) is 3.87. The van der Waals surface area contributed by atoms with Crippen molar-refractivity contribution in [2.75, 3.05) is 0 Å². The summed E-state index contributed by atoms with van der Waals surface area (Å²) in [7, 11) is 0.